The zero-order valence-corrected chi connectivity index (χ0v) is 11.0. The molecular weight excluding hydrogens is 257 g/mol. The monoisotopic (exact) mass is 269 g/mol. The van der Waals surface area contributed by atoms with Crippen molar-refractivity contribution in [3.8, 4) is 0 Å². The minimum atomic E-state index is -0.298. The van der Waals surface area contributed by atoms with E-state index in [1.165, 1.54) is 22.6 Å². The van der Waals surface area contributed by atoms with Gasteiger partial charge in [0.25, 0.3) is 0 Å². The molecule has 1 nitrogen and oxygen atoms in total. The Bertz CT molecular complexity index is 510. The molecule has 2 rings (SSSR count). The zero-order chi connectivity index (χ0) is 12.3. The Hall–Kier alpha value is -0.900. The van der Waals surface area contributed by atoms with E-state index in [-0.39, 0.29) is 5.82 Å². The largest absolute Gasteiger partial charge is 0.308 e. The molecule has 4 heteroatoms. The second-order valence-corrected chi connectivity index (χ2v) is 5.27. The van der Waals surface area contributed by atoms with E-state index in [9.17, 15) is 4.39 Å². The van der Waals surface area contributed by atoms with Crippen LogP contribution in [0.25, 0.3) is 0 Å². The average Bonchev–Trinajstić information content (AvgIpc) is 2.68. The molecule has 2 aromatic rings. The van der Waals surface area contributed by atoms with E-state index in [4.69, 9.17) is 11.6 Å². The summed E-state index contributed by atoms with van der Waals surface area (Å²) in [5, 5.41) is 5.86. The van der Waals surface area contributed by atoms with Crippen molar-refractivity contribution in [1.29, 1.82) is 0 Å². The number of aryl methyl sites for hydroxylation is 1. The van der Waals surface area contributed by atoms with Gasteiger partial charge in [-0.25, -0.2) is 4.39 Å². The SMILES string of the molecule is Cc1ccsc1CNCc1ccc(F)cc1Cl. The number of hydrogen-bond acceptors (Lipinski definition) is 2. The second kappa shape index (κ2) is 5.63. The van der Waals surface area contributed by atoms with Gasteiger partial charge in [0, 0.05) is 23.0 Å². The van der Waals surface area contributed by atoms with Gasteiger partial charge in [0.15, 0.2) is 0 Å². The molecule has 0 aliphatic heterocycles. The van der Waals surface area contributed by atoms with Gasteiger partial charge in [-0.05, 0) is 41.6 Å². The highest BCUT2D eigenvalue weighted by Gasteiger charge is 2.03. The molecule has 1 aromatic carbocycles. The van der Waals surface area contributed by atoms with Crippen molar-refractivity contribution in [3.05, 3.63) is 56.5 Å². The van der Waals surface area contributed by atoms with E-state index < -0.39 is 0 Å². The smallest absolute Gasteiger partial charge is 0.124 e. The number of halogens is 2. The van der Waals surface area contributed by atoms with E-state index in [1.807, 2.05) is 0 Å². The molecule has 0 spiro atoms. The third-order valence-electron chi connectivity index (χ3n) is 2.58. The number of thiophene rings is 1. The minimum absolute atomic E-state index is 0.298. The van der Waals surface area contributed by atoms with Crippen LogP contribution in [0.15, 0.2) is 29.6 Å². The van der Waals surface area contributed by atoms with Crippen molar-refractivity contribution in [3.63, 3.8) is 0 Å². The molecule has 0 fully saturated rings. The normalized spacial score (nSPS) is 10.8. The Morgan fingerprint density at radius 2 is 2.12 bits per heavy atom. The predicted octanol–water partition coefficient (Wildman–Crippen LogP) is 4.14. The summed E-state index contributed by atoms with van der Waals surface area (Å²) < 4.78 is 12.8. The summed E-state index contributed by atoms with van der Waals surface area (Å²) in [4.78, 5) is 1.32. The van der Waals surface area contributed by atoms with Crippen LogP contribution in [-0.4, -0.2) is 0 Å². The topological polar surface area (TPSA) is 12.0 Å². The van der Waals surface area contributed by atoms with Crippen LogP contribution in [0.1, 0.15) is 16.0 Å². The number of benzene rings is 1. The molecule has 0 aliphatic carbocycles. The highest BCUT2D eigenvalue weighted by Crippen LogP contribution is 2.18. The lowest BCUT2D eigenvalue weighted by Crippen LogP contribution is -2.12. The Balaban J connectivity index is 1.92. The number of hydrogen-bond donors (Lipinski definition) is 1. The predicted molar refractivity (Wildman–Crippen MR) is 71.0 cm³/mol. The van der Waals surface area contributed by atoms with Crippen molar-refractivity contribution < 1.29 is 4.39 Å². The Labute approximate surface area is 109 Å². The van der Waals surface area contributed by atoms with Crippen molar-refractivity contribution in [2.24, 2.45) is 0 Å². The Morgan fingerprint density at radius 3 is 2.76 bits per heavy atom. The standard InChI is InChI=1S/C13H13ClFNS/c1-9-4-5-17-13(9)8-16-7-10-2-3-11(15)6-12(10)14/h2-6,16H,7-8H2,1H3. The van der Waals surface area contributed by atoms with Gasteiger partial charge in [-0.1, -0.05) is 17.7 Å². The lowest BCUT2D eigenvalue weighted by molar-refractivity contribution is 0.625. The molecule has 1 N–H and O–H groups in total. The van der Waals surface area contributed by atoms with Gasteiger partial charge < -0.3 is 5.32 Å². The van der Waals surface area contributed by atoms with E-state index in [0.29, 0.717) is 11.6 Å². The first-order valence-corrected chi connectivity index (χ1v) is 6.60. The molecule has 0 amide bonds. The molecule has 90 valence electrons. The fourth-order valence-corrected chi connectivity index (χ4v) is 2.67. The van der Waals surface area contributed by atoms with Gasteiger partial charge in [-0.3, -0.25) is 0 Å². The molecule has 0 unspecified atom stereocenters. The minimum Gasteiger partial charge on any atom is -0.308 e. The lowest BCUT2D eigenvalue weighted by atomic mass is 10.2. The quantitative estimate of drug-likeness (QED) is 0.880. The van der Waals surface area contributed by atoms with Crippen LogP contribution >= 0.6 is 22.9 Å². The molecule has 1 aromatic heterocycles. The van der Waals surface area contributed by atoms with E-state index in [2.05, 4.69) is 23.7 Å². The first-order chi connectivity index (χ1) is 8.16. The fourth-order valence-electron chi connectivity index (χ4n) is 1.56. The molecule has 0 aliphatic rings. The number of nitrogens with one attached hydrogen (secondary N) is 1. The van der Waals surface area contributed by atoms with Gasteiger partial charge in [-0.15, -0.1) is 11.3 Å². The fraction of sp³-hybridized carbons (Fsp3) is 0.231. The first kappa shape index (κ1) is 12.6. The van der Waals surface area contributed by atoms with Crippen molar-refractivity contribution in [2.45, 2.75) is 20.0 Å². The first-order valence-electron chi connectivity index (χ1n) is 5.34. The highest BCUT2D eigenvalue weighted by atomic mass is 35.5. The van der Waals surface area contributed by atoms with Crippen LogP contribution in [0, 0.1) is 12.7 Å². The summed E-state index contributed by atoms with van der Waals surface area (Å²) in [5.41, 5.74) is 2.22. The molecule has 0 saturated heterocycles. The highest BCUT2D eigenvalue weighted by molar-refractivity contribution is 7.10. The van der Waals surface area contributed by atoms with Gasteiger partial charge in [0.2, 0.25) is 0 Å². The Kier molecular flexibility index (Phi) is 4.15. The van der Waals surface area contributed by atoms with E-state index in [0.717, 1.165) is 12.1 Å². The van der Waals surface area contributed by atoms with Crippen molar-refractivity contribution in [2.75, 3.05) is 0 Å². The Morgan fingerprint density at radius 1 is 1.29 bits per heavy atom. The summed E-state index contributed by atoms with van der Waals surface area (Å²) in [6.07, 6.45) is 0. The van der Waals surface area contributed by atoms with Crippen LogP contribution in [0.3, 0.4) is 0 Å². The van der Waals surface area contributed by atoms with E-state index >= 15 is 0 Å². The summed E-state index contributed by atoms with van der Waals surface area (Å²) in [6, 6.07) is 6.59. The maximum atomic E-state index is 12.8. The van der Waals surface area contributed by atoms with Crippen LogP contribution < -0.4 is 5.32 Å². The van der Waals surface area contributed by atoms with Gasteiger partial charge in [0.1, 0.15) is 5.82 Å². The second-order valence-electron chi connectivity index (χ2n) is 3.87. The maximum Gasteiger partial charge on any atom is 0.124 e. The van der Waals surface area contributed by atoms with Gasteiger partial charge in [-0.2, -0.15) is 0 Å². The third kappa shape index (κ3) is 3.28. The van der Waals surface area contributed by atoms with Crippen LogP contribution in [0.4, 0.5) is 4.39 Å². The summed E-state index contributed by atoms with van der Waals surface area (Å²) in [6.45, 7) is 3.56. The number of rotatable bonds is 4. The van der Waals surface area contributed by atoms with Crippen molar-refractivity contribution >= 4 is 22.9 Å². The van der Waals surface area contributed by atoms with Gasteiger partial charge >= 0.3 is 0 Å². The third-order valence-corrected chi connectivity index (χ3v) is 3.96. The maximum absolute atomic E-state index is 12.8. The summed E-state index contributed by atoms with van der Waals surface area (Å²) in [5.74, 6) is -0.298. The molecule has 0 atom stereocenters. The average molecular weight is 270 g/mol. The molecule has 1 heterocycles. The van der Waals surface area contributed by atoms with Crippen molar-refractivity contribution in [1.82, 2.24) is 5.32 Å². The zero-order valence-electron chi connectivity index (χ0n) is 9.47. The summed E-state index contributed by atoms with van der Waals surface area (Å²) >= 11 is 7.68. The molecule has 0 radical (unpaired) electrons. The molecule has 17 heavy (non-hydrogen) atoms. The van der Waals surface area contributed by atoms with Crippen LogP contribution in [0.5, 0.6) is 0 Å². The lowest BCUT2D eigenvalue weighted by Gasteiger charge is -2.06. The molecule has 0 bridgehead atoms. The van der Waals surface area contributed by atoms with E-state index in [1.54, 1.807) is 17.4 Å². The van der Waals surface area contributed by atoms with Crippen LogP contribution in [-0.2, 0) is 13.1 Å². The molecule has 0 saturated carbocycles. The van der Waals surface area contributed by atoms with Gasteiger partial charge in [0.05, 0.1) is 0 Å². The van der Waals surface area contributed by atoms with Crippen LogP contribution in [0.2, 0.25) is 5.02 Å². The molecular formula is C13H13ClFNS. The summed E-state index contributed by atoms with van der Waals surface area (Å²) in [7, 11) is 0.